The first-order valence-electron chi connectivity index (χ1n) is 6.69. The van der Waals surface area contributed by atoms with Gasteiger partial charge in [-0.05, 0) is 18.3 Å². The van der Waals surface area contributed by atoms with E-state index in [1.165, 1.54) is 0 Å². The van der Waals surface area contributed by atoms with Gasteiger partial charge in [0.15, 0.2) is 0 Å². The largest absolute Gasteiger partial charge is 0.354 e. The molecule has 1 aliphatic rings. The molecule has 1 fully saturated rings. The number of nitrogens with one attached hydrogen (secondary N) is 2. The summed E-state index contributed by atoms with van der Waals surface area (Å²) in [5, 5.41) is 5.31. The first-order chi connectivity index (χ1) is 8.81. The molecular weight excluding hydrogens is 246 g/mol. The molecule has 0 aromatic rings. The van der Waals surface area contributed by atoms with E-state index in [4.69, 9.17) is 0 Å². The van der Waals surface area contributed by atoms with E-state index >= 15 is 0 Å². The van der Waals surface area contributed by atoms with Crippen molar-refractivity contribution >= 4 is 17.8 Å². The molecular formula is C13H23N3O3. The monoisotopic (exact) mass is 269 g/mol. The molecule has 6 nitrogen and oxygen atoms in total. The summed E-state index contributed by atoms with van der Waals surface area (Å²) in [4.78, 5) is 36.3. The van der Waals surface area contributed by atoms with Crippen molar-refractivity contribution < 1.29 is 14.4 Å². The van der Waals surface area contributed by atoms with Gasteiger partial charge in [-0.1, -0.05) is 27.7 Å². The van der Waals surface area contributed by atoms with Crippen LogP contribution < -0.4 is 10.6 Å². The van der Waals surface area contributed by atoms with Crippen LogP contribution in [0.1, 0.15) is 34.1 Å². The number of amides is 4. The number of carbonyl (C=O) groups is 3. The van der Waals surface area contributed by atoms with E-state index in [1.807, 2.05) is 27.7 Å². The summed E-state index contributed by atoms with van der Waals surface area (Å²) in [5.74, 6) is 0.0329. The van der Waals surface area contributed by atoms with Gasteiger partial charge in [0, 0.05) is 6.54 Å². The molecule has 6 heteroatoms. The molecule has 19 heavy (non-hydrogen) atoms. The summed E-state index contributed by atoms with van der Waals surface area (Å²) >= 11 is 0. The molecule has 1 heterocycles. The highest BCUT2D eigenvalue weighted by molar-refractivity contribution is 6.06. The molecule has 0 bridgehead atoms. The molecule has 0 radical (unpaired) electrons. The van der Waals surface area contributed by atoms with E-state index in [-0.39, 0.29) is 18.4 Å². The summed E-state index contributed by atoms with van der Waals surface area (Å²) in [7, 11) is 0. The number of nitrogens with zero attached hydrogens (tertiary/aromatic N) is 1. The molecule has 1 aliphatic heterocycles. The van der Waals surface area contributed by atoms with Gasteiger partial charge < -0.3 is 10.6 Å². The van der Waals surface area contributed by atoms with Gasteiger partial charge in [0.2, 0.25) is 5.91 Å². The molecule has 1 atom stereocenters. The Kier molecular flexibility index (Phi) is 5.32. The number of hydrogen-bond acceptors (Lipinski definition) is 3. The molecule has 0 aromatic heterocycles. The van der Waals surface area contributed by atoms with Crippen molar-refractivity contribution in [3.05, 3.63) is 0 Å². The predicted octanol–water partition coefficient (Wildman–Crippen LogP) is 0.725. The van der Waals surface area contributed by atoms with Crippen molar-refractivity contribution in [3.8, 4) is 0 Å². The zero-order valence-electron chi connectivity index (χ0n) is 12.0. The minimum Gasteiger partial charge on any atom is -0.354 e. The third-order valence-electron chi connectivity index (χ3n) is 2.82. The summed E-state index contributed by atoms with van der Waals surface area (Å²) in [5.41, 5.74) is 0. The fourth-order valence-electron chi connectivity index (χ4n) is 1.88. The van der Waals surface area contributed by atoms with Crippen LogP contribution in [-0.2, 0) is 9.59 Å². The van der Waals surface area contributed by atoms with Crippen LogP contribution in [0.3, 0.4) is 0 Å². The molecule has 1 rings (SSSR count). The smallest absolute Gasteiger partial charge is 0.325 e. The zero-order chi connectivity index (χ0) is 14.6. The number of imide groups is 1. The lowest BCUT2D eigenvalue weighted by molar-refractivity contribution is -0.132. The molecule has 0 aromatic carbocycles. The van der Waals surface area contributed by atoms with Crippen LogP contribution in [0.2, 0.25) is 0 Å². The van der Waals surface area contributed by atoms with Gasteiger partial charge in [0.25, 0.3) is 5.91 Å². The lowest BCUT2D eigenvalue weighted by atomic mass is 10.0. The molecule has 108 valence electrons. The van der Waals surface area contributed by atoms with Crippen LogP contribution in [0.5, 0.6) is 0 Å². The lowest BCUT2D eigenvalue weighted by Gasteiger charge is -2.14. The van der Waals surface area contributed by atoms with E-state index in [2.05, 4.69) is 10.6 Å². The topological polar surface area (TPSA) is 78.5 Å². The van der Waals surface area contributed by atoms with Gasteiger partial charge in [-0.2, -0.15) is 0 Å². The highest BCUT2D eigenvalue weighted by Crippen LogP contribution is 2.13. The zero-order valence-corrected chi connectivity index (χ0v) is 12.0. The predicted molar refractivity (Wildman–Crippen MR) is 71.3 cm³/mol. The van der Waals surface area contributed by atoms with E-state index in [0.717, 1.165) is 4.90 Å². The Bertz CT molecular complexity index is 366. The maximum atomic E-state index is 12.0. The van der Waals surface area contributed by atoms with Crippen LogP contribution in [-0.4, -0.2) is 41.9 Å². The van der Waals surface area contributed by atoms with Crippen molar-refractivity contribution in [2.45, 2.75) is 40.2 Å². The van der Waals surface area contributed by atoms with E-state index in [0.29, 0.717) is 24.8 Å². The SMILES string of the molecule is CC(C)CNC(=O)CN1C(=O)NC(CC(C)C)C1=O. The van der Waals surface area contributed by atoms with Gasteiger partial charge in [-0.15, -0.1) is 0 Å². The normalized spacial score (nSPS) is 19.3. The van der Waals surface area contributed by atoms with Crippen LogP contribution in [0.15, 0.2) is 0 Å². The second-order valence-electron chi connectivity index (χ2n) is 5.75. The molecule has 4 amide bonds. The van der Waals surface area contributed by atoms with Gasteiger partial charge >= 0.3 is 6.03 Å². The van der Waals surface area contributed by atoms with Crippen LogP contribution in [0, 0.1) is 11.8 Å². The van der Waals surface area contributed by atoms with Crippen molar-refractivity contribution in [2.75, 3.05) is 13.1 Å². The number of carbonyl (C=O) groups excluding carboxylic acids is 3. The molecule has 0 spiro atoms. The molecule has 0 saturated carbocycles. The third-order valence-corrected chi connectivity index (χ3v) is 2.82. The maximum Gasteiger partial charge on any atom is 0.325 e. The Hall–Kier alpha value is -1.59. The average Bonchev–Trinajstić information content (AvgIpc) is 2.53. The second kappa shape index (κ2) is 6.54. The summed E-state index contributed by atoms with van der Waals surface area (Å²) < 4.78 is 0. The Morgan fingerprint density at radius 1 is 1.26 bits per heavy atom. The van der Waals surface area contributed by atoms with Gasteiger partial charge in [0.1, 0.15) is 12.6 Å². The Morgan fingerprint density at radius 2 is 1.89 bits per heavy atom. The minimum atomic E-state index is -0.495. The first kappa shape index (κ1) is 15.5. The summed E-state index contributed by atoms with van der Waals surface area (Å²) in [6.45, 7) is 8.26. The molecule has 1 unspecified atom stereocenters. The lowest BCUT2D eigenvalue weighted by Crippen LogP contribution is -2.42. The molecule has 0 aliphatic carbocycles. The van der Waals surface area contributed by atoms with E-state index in [1.54, 1.807) is 0 Å². The summed E-state index contributed by atoms with van der Waals surface area (Å²) in [6, 6.07) is -0.972. The van der Waals surface area contributed by atoms with Crippen molar-refractivity contribution in [2.24, 2.45) is 11.8 Å². The maximum absolute atomic E-state index is 12.0. The Balaban J connectivity index is 2.52. The standard InChI is InChI=1S/C13H23N3O3/c1-8(2)5-10-12(18)16(13(19)15-10)7-11(17)14-6-9(3)4/h8-10H,5-7H2,1-4H3,(H,14,17)(H,15,19). The van der Waals surface area contributed by atoms with Crippen LogP contribution in [0.25, 0.3) is 0 Å². The average molecular weight is 269 g/mol. The fourth-order valence-corrected chi connectivity index (χ4v) is 1.88. The van der Waals surface area contributed by atoms with Crippen molar-refractivity contribution in [1.29, 1.82) is 0 Å². The minimum absolute atomic E-state index is 0.202. The Morgan fingerprint density at radius 3 is 2.42 bits per heavy atom. The number of urea groups is 1. The first-order valence-corrected chi connectivity index (χ1v) is 6.69. The van der Waals surface area contributed by atoms with Gasteiger partial charge in [-0.3, -0.25) is 14.5 Å². The van der Waals surface area contributed by atoms with Crippen molar-refractivity contribution in [3.63, 3.8) is 0 Å². The van der Waals surface area contributed by atoms with Crippen LogP contribution in [0.4, 0.5) is 4.79 Å². The van der Waals surface area contributed by atoms with E-state index < -0.39 is 12.1 Å². The highest BCUT2D eigenvalue weighted by Gasteiger charge is 2.38. The highest BCUT2D eigenvalue weighted by atomic mass is 16.2. The fraction of sp³-hybridized carbons (Fsp3) is 0.769. The number of rotatable bonds is 6. The molecule has 1 saturated heterocycles. The third kappa shape index (κ3) is 4.54. The van der Waals surface area contributed by atoms with E-state index in [9.17, 15) is 14.4 Å². The summed E-state index contributed by atoms with van der Waals surface area (Å²) in [6.07, 6.45) is 0.592. The van der Waals surface area contributed by atoms with Crippen LogP contribution >= 0.6 is 0 Å². The number of hydrogen-bond donors (Lipinski definition) is 2. The van der Waals surface area contributed by atoms with Crippen molar-refractivity contribution in [1.82, 2.24) is 15.5 Å². The molecule has 2 N–H and O–H groups in total. The second-order valence-corrected chi connectivity index (χ2v) is 5.75. The van der Waals surface area contributed by atoms with Gasteiger partial charge in [0.05, 0.1) is 0 Å². The Labute approximate surface area is 113 Å². The quantitative estimate of drug-likeness (QED) is 0.698. The van der Waals surface area contributed by atoms with Gasteiger partial charge in [-0.25, -0.2) is 4.79 Å².